The van der Waals surface area contributed by atoms with Crippen LogP contribution in [0.2, 0.25) is 0 Å². The number of nitrogens with zero attached hydrogens (tertiary/aromatic N) is 2. The fourth-order valence-electron chi connectivity index (χ4n) is 2.86. The number of hydrogen-bond acceptors (Lipinski definition) is 5. The van der Waals surface area contributed by atoms with E-state index >= 15 is 0 Å². The van der Waals surface area contributed by atoms with Crippen molar-refractivity contribution in [2.24, 2.45) is 5.73 Å². The normalized spacial score (nSPS) is 11.2. The van der Waals surface area contributed by atoms with Crippen molar-refractivity contribution >= 4 is 27.5 Å². The molecule has 2 heterocycles. The molecule has 0 aliphatic heterocycles. The van der Waals surface area contributed by atoms with Crippen molar-refractivity contribution in [1.82, 2.24) is 9.55 Å². The Morgan fingerprint density at radius 1 is 1.11 bits per heavy atom. The smallest absolute Gasteiger partial charge is 0.250 e. The molecule has 0 spiro atoms. The van der Waals surface area contributed by atoms with Gasteiger partial charge in [-0.25, -0.2) is 13.4 Å². The summed E-state index contributed by atoms with van der Waals surface area (Å²) < 4.78 is 25.9. The zero-order chi connectivity index (χ0) is 20.5. The molecule has 144 valence electrons. The first-order valence-corrected chi connectivity index (χ1v) is 10.1. The van der Waals surface area contributed by atoms with Gasteiger partial charge in [0, 0.05) is 49.0 Å². The summed E-state index contributed by atoms with van der Waals surface area (Å²) in [5.74, 6) is -0.608. The SMILES string of the molecule is CC(=O)Nc1cc(-n2cc(C(N)=O)c(-c3ccccc3S(C)(=O)=O)c2)ccn1. The first-order valence-electron chi connectivity index (χ1n) is 8.22. The Morgan fingerprint density at radius 2 is 1.82 bits per heavy atom. The molecule has 28 heavy (non-hydrogen) atoms. The molecule has 2 amide bonds. The lowest BCUT2D eigenvalue weighted by atomic mass is 10.0. The molecule has 0 unspecified atom stereocenters. The lowest BCUT2D eigenvalue weighted by molar-refractivity contribution is -0.114. The third kappa shape index (κ3) is 3.94. The number of amides is 2. The van der Waals surface area contributed by atoms with Gasteiger partial charge in [-0.1, -0.05) is 18.2 Å². The van der Waals surface area contributed by atoms with Gasteiger partial charge in [0.2, 0.25) is 5.91 Å². The summed E-state index contributed by atoms with van der Waals surface area (Å²) in [5.41, 5.74) is 7.10. The molecule has 0 radical (unpaired) electrons. The number of hydrogen-bond donors (Lipinski definition) is 2. The van der Waals surface area contributed by atoms with Crippen LogP contribution in [-0.2, 0) is 14.6 Å². The van der Waals surface area contributed by atoms with Gasteiger partial charge >= 0.3 is 0 Å². The molecule has 0 aliphatic rings. The average molecular weight is 398 g/mol. The first kappa shape index (κ1) is 19.3. The van der Waals surface area contributed by atoms with E-state index in [9.17, 15) is 18.0 Å². The summed E-state index contributed by atoms with van der Waals surface area (Å²) in [6.45, 7) is 1.37. The molecule has 0 fully saturated rings. The number of nitrogens with one attached hydrogen (secondary N) is 1. The second-order valence-corrected chi connectivity index (χ2v) is 8.19. The van der Waals surface area contributed by atoms with Crippen LogP contribution in [0, 0.1) is 0 Å². The molecule has 3 aromatic rings. The molecule has 0 saturated carbocycles. The Hall–Kier alpha value is -3.46. The van der Waals surface area contributed by atoms with Crippen LogP contribution in [0.3, 0.4) is 0 Å². The van der Waals surface area contributed by atoms with E-state index in [4.69, 9.17) is 5.73 Å². The second-order valence-electron chi connectivity index (χ2n) is 6.21. The molecule has 0 bridgehead atoms. The largest absolute Gasteiger partial charge is 0.366 e. The number of pyridine rings is 1. The summed E-state index contributed by atoms with van der Waals surface area (Å²) in [5, 5.41) is 2.59. The molecule has 0 atom stereocenters. The predicted octanol–water partition coefficient (Wildman–Crippen LogP) is 2.00. The van der Waals surface area contributed by atoms with Crippen LogP contribution in [0.15, 0.2) is 59.9 Å². The van der Waals surface area contributed by atoms with Gasteiger partial charge in [0.05, 0.1) is 16.1 Å². The zero-order valence-electron chi connectivity index (χ0n) is 15.2. The van der Waals surface area contributed by atoms with Crippen LogP contribution in [-0.4, -0.2) is 36.0 Å². The Kier molecular flexibility index (Phi) is 5.02. The molecule has 8 nitrogen and oxygen atoms in total. The van der Waals surface area contributed by atoms with Gasteiger partial charge in [0.15, 0.2) is 9.84 Å². The van der Waals surface area contributed by atoms with E-state index in [1.54, 1.807) is 41.1 Å². The average Bonchev–Trinajstić information content (AvgIpc) is 3.06. The maximum atomic E-state index is 12.2. The van der Waals surface area contributed by atoms with Gasteiger partial charge in [0.1, 0.15) is 5.82 Å². The van der Waals surface area contributed by atoms with Crippen LogP contribution in [0.25, 0.3) is 16.8 Å². The molecule has 3 rings (SSSR count). The maximum absolute atomic E-state index is 12.2. The summed E-state index contributed by atoms with van der Waals surface area (Å²) in [7, 11) is -3.52. The van der Waals surface area contributed by atoms with Crippen LogP contribution in [0.5, 0.6) is 0 Å². The van der Waals surface area contributed by atoms with E-state index in [0.717, 1.165) is 6.26 Å². The topological polar surface area (TPSA) is 124 Å². The van der Waals surface area contributed by atoms with Gasteiger partial charge in [0.25, 0.3) is 5.91 Å². The predicted molar refractivity (Wildman–Crippen MR) is 105 cm³/mol. The molecule has 3 N–H and O–H groups in total. The highest BCUT2D eigenvalue weighted by atomic mass is 32.2. The number of primary amides is 1. The number of benzene rings is 1. The minimum Gasteiger partial charge on any atom is -0.366 e. The van der Waals surface area contributed by atoms with Crippen molar-refractivity contribution in [2.75, 3.05) is 11.6 Å². The second kappa shape index (κ2) is 7.28. The highest BCUT2D eigenvalue weighted by molar-refractivity contribution is 7.90. The van der Waals surface area contributed by atoms with Crippen molar-refractivity contribution in [2.45, 2.75) is 11.8 Å². The number of aromatic nitrogens is 2. The Bertz CT molecular complexity index is 1180. The number of anilines is 1. The fraction of sp³-hybridized carbons (Fsp3) is 0.105. The van der Waals surface area contributed by atoms with Crippen molar-refractivity contribution in [3.05, 3.63) is 60.6 Å². The van der Waals surface area contributed by atoms with Gasteiger partial charge in [-0.3, -0.25) is 9.59 Å². The minimum absolute atomic E-state index is 0.101. The van der Waals surface area contributed by atoms with Gasteiger partial charge in [-0.2, -0.15) is 0 Å². The van der Waals surface area contributed by atoms with Crippen LogP contribution in [0.1, 0.15) is 17.3 Å². The van der Waals surface area contributed by atoms with Crippen LogP contribution < -0.4 is 11.1 Å². The third-order valence-electron chi connectivity index (χ3n) is 4.01. The maximum Gasteiger partial charge on any atom is 0.250 e. The van der Waals surface area contributed by atoms with Gasteiger partial charge in [-0.05, 0) is 12.1 Å². The number of sulfone groups is 1. The molecular formula is C19H18N4O4S. The number of rotatable bonds is 5. The van der Waals surface area contributed by atoms with Crippen LogP contribution >= 0.6 is 0 Å². The lowest BCUT2D eigenvalue weighted by Gasteiger charge is -2.08. The monoisotopic (exact) mass is 398 g/mol. The van der Waals surface area contributed by atoms with Crippen molar-refractivity contribution in [3.8, 4) is 16.8 Å². The summed E-state index contributed by atoms with van der Waals surface area (Å²) in [4.78, 5) is 27.4. The highest BCUT2D eigenvalue weighted by Crippen LogP contribution is 2.32. The molecule has 9 heteroatoms. The summed E-state index contributed by atoms with van der Waals surface area (Å²) in [6.07, 6.45) is 5.75. The van der Waals surface area contributed by atoms with Crippen LogP contribution in [0.4, 0.5) is 5.82 Å². The number of nitrogens with two attached hydrogens (primary N) is 1. The summed E-state index contributed by atoms with van der Waals surface area (Å²) >= 11 is 0. The quantitative estimate of drug-likeness (QED) is 0.680. The van der Waals surface area contributed by atoms with Gasteiger partial charge in [-0.15, -0.1) is 0 Å². The number of carbonyl (C=O) groups excluding carboxylic acids is 2. The van der Waals surface area contributed by atoms with E-state index in [0.29, 0.717) is 22.6 Å². The van der Waals surface area contributed by atoms with E-state index in [1.165, 1.54) is 25.4 Å². The third-order valence-corrected chi connectivity index (χ3v) is 5.17. The van der Waals surface area contributed by atoms with E-state index < -0.39 is 15.7 Å². The van der Waals surface area contributed by atoms with E-state index in [-0.39, 0.29) is 16.4 Å². The zero-order valence-corrected chi connectivity index (χ0v) is 16.0. The number of carbonyl (C=O) groups is 2. The van der Waals surface area contributed by atoms with Gasteiger partial charge < -0.3 is 15.6 Å². The lowest BCUT2D eigenvalue weighted by Crippen LogP contribution is -2.11. The molecule has 0 saturated heterocycles. The Morgan fingerprint density at radius 3 is 2.46 bits per heavy atom. The van der Waals surface area contributed by atoms with E-state index in [2.05, 4.69) is 10.3 Å². The molecule has 1 aromatic carbocycles. The van der Waals surface area contributed by atoms with Crippen molar-refractivity contribution in [3.63, 3.8) is 0 Å². The first-order chi connectivity index (χ1) is 13.2. The minimum atomic E-state index is -3.52. The van der Waals surface area contributed by atoms with Crippen molar-refractivity contribution < 1.29 is 18.0 Å². The molecule has 2 aromatic heterocycles. The molecular weight excluding hydrogens is 380 g/mol. The highest BCUT2D eigenvalue weighted by Gasteiger charge is 2.20. The summed E-state index contributed by atoms with van der Waals surface area (Å²) in [6, 6.07) is 9.71. The fourth-order valence-corrected chi connectivity index (χ4v) is 3.76. The van der Waals surface area contributed by atoms with E-state index in [1.807, 2.05) is 0 Å². The standard InChI is InChI=1S/C19H18N4O4S/c1-12(24)22-18-9-13(7-8-21-18)23-10-15(16(11-23)19(20)25)14-5-3-4-6-17(14)28(2,26)27/h3-11H,1-2H3,(H2,20,25)(H,21,22,24). The molecule has 0 aliphatic carbocycles. The Labute approximate surface area is 161 Å². The Balaban J connectivity index is 2.18. The van der Waals surface area contributed by atoms with Crippen molar-refractivity contribution in [1.29, 1.82) is 0 Å².